The molecule has 1 aliphatic heterocycles. The number of amides is 1. The predicted octanol–water partition coefficient (Wildman–Crippen LogP) is 4.03. The molecule has 11 heteroatoms. The number of hydrogen-bond acceptors (Lipinski definition) is 8. The van der Waals surface area contributed by atoms with Gasteiger partial charge in [-0.15, -0.1) is 0 Å². The Balaban J connectivity index is 1.09. The highest BCUT2D eigenvalue weighted by Crippen LogP contribution is 2.35. The molecule has 2 fully saturated rings. The Kier molecular flexibility index (Phi) is 5.43. The first-order chi connectivity index (χ1) is 18.6. The van der Waals surface area contributed by atoms with Crippen molar-refractivity contribution < 1.29 is 9.53 Å². The molecule has 0 radical (unpaired) electrons. The highest BCUT2D eigenvalue weighted by Gasteiger charge is 2.33. The number of hydrogen-bond donors (Lipinski definition) is 3. The number of nitrogens with zero attached hydrogens (tertiary/aromatic N) is 6. The smallest absolute Gasteiger partial charge is 0.253 e. The maximum Gasteiger partial charge on any atom is 0.253 e. The van der Waals surface area contributed by atoms with Crippen molar-refractivity contribution in [3.05, 3.63) is 61.3 Å². The van der Waals surface area contributed by atoms with Gasteiger partial charge in [-0.25, -0.2) is 19.6 Å². The predicted molar refractivity (Wildman–Crippen MR) is 144 cm³/mol. The van der Waals surface area contributed by atoms with E-state index in [1.54, 1.807) is 10.9 Å². The van der Waals surface area contributed by atoms with Gasteiger partial charge >= 0.3 is 0 Å². The standard InChI is InChI=1S/C27H27N9O2/c28-25-24-20(36-12-2-11-31-36)14-35(26(24)30-15-29-25)23-10-8-21(38-23)27(37)33-18-7-5-16-6-9-22(34-19(16)13-18)32-17-3-1-4-17/h2,5-7,9,11-15,17,21,23H,1,3-4,8,10H2,(H,32,34)(H,33,37)(H2,28,29,30). The molecule has 1 saturated heterocycles. The van der Waals surface area contributed by atoms with Crippen LogP contribution in [0.15, 0.2) is 61.3 Å². The Hall–Kier alpha value is -4.51. The molecule has 1 aromatic carbocycles. The third-order valence-corrected chi connectivity index (χ3v) is 7.39. The second-order valence-electron chi connectivity index (χ2n) is 9.85. The third-order valence-electron chi connectivity index (χ3n) is 7.39. The second-order valence-corrected chi connectivity index (χ2v) is 9.85. The van der Waals surface area contributed by atoms with Gasteiger partial charge in [0.25, 0.3) is 5.91 Å². The minimum absolute atomic E-state index is 0.187. The normalized spacial score (nSPS) is 19.6. The third kappa shape index (κ3) is 4.01. The lowest BCUT2D eigenvalue weighted by molar-refractivity contribution is -0.128. The van der Waals surface area contributed by atoms with Gasteiger partial charge in [0.05, 0.1) is 16.6 Å². The van der Waals surface area contributed by atoms with E-state index >= 15 is 0 Å². The van der Waals surface area contributed by atoms with Gasteiger partial charge in [0, 0.05) is 35.7 Å². The van der Waals surface area contributed by atoms with Gasteiger partial charge in [-0.05, 0) is 62.4 Å². The van der Waals surface area contributed by atoms with Crippen molar-refractivity contribution in [2.75, 3.05) is 16.4 Å². The van der Waals surface area contributed by atoms with Crippen LogP contribution in [0.5, 0.6) is 0 Å². The summed E-state index contributed by atoms with van der Waals surface area (Å²) in [6, 6.07) is 12.2. The molecule has 38 heavy (non-hydrogen) atoms. The van der Waals surface area contributed by atoms with E-state index in [-0.39, 0.29) is 12.1 Å². The van der Waals surface area contributed by atoms with Crippen LogP contribution < -0.4 is 16.4 Å². The molecule has 0 bridgehead atoms. The van der Waals surface area contributed by atoms with Gasteiger partial charge in [-0.1, -0.05) is 6.07 Å². The van der Waals surface area contributed by atoms with Crippen LogP contribution in [0.25, 0.3) is 27.6 Å². The first-order valence-corrected chi connectivity index (χ1v) is 12.9. The Labute approximate surface area is 218 Å². The Morgan fingerprint density at radius 3 is 2.82 bits per heavy atom. The van der Waals surface area contributed by atoms with E-state index in [1.807, 2.05) is 47.3 Å². The van der Waals surface area contributed by atoms with Crippen LogP contribution in [0.3, 0.4) is 0 Å². The Bertz CT molecular complexity index is 1640. The molecule has 7 rings (SSSR count). The maximum atomic E-state index is 13.2. The fourth-order valence-corrected chi connectivity index (χ4v) is 5.17. The first kappa shape index (κ1) is 22.7. The lowest BCUT2D eigenvalue weighted by Gasteiger charge is -2.26. The largest absolute Gasteiger partial charge is 0.383 e. The SMILES string of the molecule is Nc1ncnc2c1c(-n1cccn1)cn2C1CCC(C(=O)Nc2ccc3ccc(NC4CCC4)nc3c2)O1. The van der Waals surface area contributed by atoms with Crippen LogP contribution in [0.4, 0.5) is 17.3 Å². The molecule has 192 valence electrons. The lowest BCUT2D eigenvalue weighted by Crippen LogP contribution is -2.27. The summed E-state index contributed by atoms with van der Waals surface area (Å²) >= 11 is 0. The van der Waals surface area contributed by atoms with Crippen molar-refractivity contribution in [1.29, 1.82) is 0 Å². The number of aromatic nitrogens is 6. The Morgan fingerprint density at radius 1 is 1.11 bits per heavy atom. The maximum absolute atomic E-state index is 13.2. The number of ether oxygens (including phenoxy) is 1. The quantitative estimate of drug-likeness (QED) is 0.312. The van der Waals surface area contributed by atoms with Gasteiger partial charge in [-0.3, -0.25) is 4.79 Å². The number of benzene rings is 1. The lowest BCUT2D eigenvalue weighted by atomic mass is 9.93. The minimum Gasteiger partial charge on any atom is -0.383 e. The molecule has 1 saturated carbocycles. The molecule has 1 aliphatic carbocycles. The summed E-state index contributed by atoms with van der Waals surface area (Å²) < 4.78 is 9.86. The number of fused-ring (bicyclic) bond motifs is 2. The Morgan fingerprint density at radius 2 is 2.00 bits per heavy atom. The number of nitrogens with one attached hydrogen (secondary N) is 2. The molecule has 0 spiro atoms. The average Bonchev–Trinajstić information content (AvgIpc) is 3.66. The van der Waals surface area contributed by atoms with E-state index in [1.165, 1.54) is 25.6 Å². The zero-order valence-corrected chi connectivity index (χ0v) is 20.6. The highest BCUT2D eigenvalue weighted by atomic mass is 16.5. The van der Waals surface area contributed by atoms with Crippen LogP contribution in [0.1, 0.15) is 38.3 Å². The van der Waals surface area contributed by atoms with Gasteiger partial charge in [0.1, 0.15) is 35.9 Å². The van der Waals surface area contributed by atoms with Gasteiger partial charge in [-0.2, -0.15) is 5.10 Å². The van der Waals surface area contributed by atoms with Crippen molar-refractivity contribution in [1.82, 2.24) is 29.3 Å². The van der Waals surface area contributed by atoms with Crippen molar-refractivity contribution in [3.8, 4) is 5.69 Å². The zero-order valence-electron chi connectivity index (χ0n) is 20.6. The van der Waals surface area contributed by atoms with Crippen molar-refractivity contribution in [2.45, 2.75) is 50.5 Å². The van der Waals surface area contributed by atoms with Crippen LogP contribution >= 0.6 is 0 Å². The molecule has 2 atom stereocenters. The van der Waals surface area contributed by atoms with E-state index < -0.39 is 6.10 Å². The van der Waals surface area contributed by atoms with Crippen LogP contribution in [0, 0.1) is 0 Å². The summed E-state index contributed by atoms with van der Waals surface area (Å²) in [5, 5.41) is 12.5. The summed E-state index contributed by atoms with van der Waals surface area (Å²) in [6.07, 6.45) is 10.8. The van der Waals surface area contributed by atoms with Crippen LogP contribution in [0.2, 0.25) is 0 Å². The molecule has 5 aromatic rings. The number of carbonyl (C=O) groups excluding carboxylic acids is 1. The van der Waals surface area contributed by atoms with Crippen LogP contribution in [-0.2, 0) is 9.53 Å². The minimum atomic E-state index is -0.597. The van der Waals surface area contributed by atoms with Crippen molar-refractivity contribution in [3.63, 3.8) is 0 Å². The number of rotatable bonds is 6. The van der Waals surface area contributed by atoms with Gasteiger partial charge < -0.3 is 25.7 Å². The molecule has 5 heterocycles. The fraction of sp³-hybridized carbons (Fsp3) is 0.296. The number of pyridine rings is 1. The number of nitrogen functional groups attached to an aromatic ring is 1. The monoisotopic (exact) mass is 509 g/mol. The topological polar surface area (TPSA) is 138 Å². The van der Waals surface area contributed by atoms with Gasteiger partial charge in [0.15, 0.2) is 0 Å². The number of nitrogens with two attached hydrogens (primary N) is 1. The number of anilines is 3. The molecule has 2 unspecified atom stereocenters. The van der Waals surface area contributed by atoms with E-state index in [9.17, 15) is 4.79 Å². The van der Waals surface area contributed by atoms with E-state index in [0.29, 0.717) is 41.4 Å². The van der Waals surface area contributed by atoms with E-state index in [4.69, 9.17) is 15.5 Å². The summed E-state index contributed by atoms with van der Waals surface area (Å²) in [5.41, 5.74) is 9.12. The first-order valence-electron chi connectivity index (χ1n) is 12.9. The molecule has 4 aromatic heterocycles. The van der Waals surface area contributed by atoms with Gasteiger partial charge in [0.2, 0.25) is 0 Å². The molecule has 11 nitrogen and oxygen atoms in total. The van der Waals surface area contributed by atoms with E-state index in [2.05, 4.69) is 31.8 Å². The summed E-state index contributed by atoms with van der Waals surface area (Å²) in [6.45, 7) is 0. The van der Waals surface area contributed by atoms with Crippen molar-refractivity contribution in [2.24, 2.45) is 0 Å². The molecule has 2 aliphatic rings. The summed E-state index contributed by atoms with van der Waals surface area (Å²) in [4.78, 5) is 26.5. The average molecular weight is 510 g/mol. The van der Waals surface area contributed by atoms with Crippen LogP contribution in [-0.4, -0.2) is 47.4 Å². The summed E-state index contributed by atoms with van der Waals surface area (Å²) in [7, 11) is 0. The second kappa shape index (κ2) is 9.10. The zero-order chi connectivity index (χ0) is 25.6. The van der Waals surface area contributed by atoms with Crippen molar-refractivity contribution >= 4 is 45.2 Å². The molecule has 1 amide bonds. The highest BCUT2D eigenvalue weighted by molar-refractivity contribution is 5.97. The summed E-state index contributed by atoms with van der Waals surface area (Å²) in [5.74, 6) is 1.04. The number of carbonyl (C=O) groups is 1. The molecular weight excluding hydrogens is 482 g/mol. The fourth-order valence-electron chi connectivity index (χ4n) is 5.17. The molecule has 4 N–H and O–H groups in total. The molecular formula is C27H27N9O2. The van der Waals surface area contributed by atoms with E-state index in [0.717, 1.165) is 22.4 Å².